The topological polar surface area (TPSA) is 76.2 Å². The third-order valence-electron chi connectivity index (χ3n) is 7.08. The average molecular weight is 531 g/mol. The van der Waals surface area contributed by atoms with E-state index >= 15 is 0 Å². The molecule has 7 nitrogen and oxygen atoms in total. The number of fused-ring (bicyclic) bond motifs is 5. The number of amides is 2. The molecule has 2 aromatic carbocycles. The summed E-state index contributed by atoms with van der Waals surface area (Å²) in [5, 5.41) is 0. The van der Waals surface area contributed by atoms with Gasteiger partial charge in [0, 0.05) is 22.5 Å². The highest BCUT2D eigenvalue weighted by Crippen LogP contribution is 2.57. The lowest BCUT2D eigenvalue weighted by Crippen LogP contribution is -2.67. The van der Waals surface area contributed by atoms with Crippen LogP contribution in [0.2, 0.25) is 0 Å². The van der Waals surface area contributed by atoms with Crippen LogP contribution in [0.4, 0.5) is 4.39 Å². The Labute approximate surface area is 204 Å². The minimum absolute atomic E-state index is 0.130. The molecule has 0 spiro atoms. The van der Waals surface area contributed by atoms with Crippen molar-refractivity contribution >= 4 is 33.7 Å². The van der Waals surface area contributed by atoms with Crippen LogP contribution in [0.25, 0.3) is 0 Å². The fourth-order valence-corrected chi connectivity index (χ4v) is 6.09. The van der Waals surface area contributed by atoms with Gasteiger partial charge in [-0.1, -0.05) is 28.1 Å². The normalized spacial score (nSPS) is 27.6. The van der Waals surface area contributed by atoms with Gasteiger partial charge in [-0.15, -0.1) is 0 Å². The van der Waals surface area contributed by atoms with E-state index in [1.807, 2.05) is 18.2 Å². The van der Waals surface area contributed by atoms with Gasteiger partial charge >= 0.3 is 5.97 Å². The van der Waals surface area contributed by atoms with Gasteiger partial charge in [-0.25, -0.2) is 4.39 Å². The quantitative estimate of drug-likeness (QED) is 0.566. The van der Waals surface area contributed by atoms with E-state index in [2.05, 4.69) is 15.9 Å². The lowest BCUT2D eigenvalue weighted by atomic mass is 9.77. The zero-order chi connectivity index (χ0) is 24.2. The summed E-state index contributed by atoms with van der Waals surface area (Å²) >= 11 is 3.48. The fraction of sp³-hybridized carbons (Fsp3) is 0.400. The van der Waals surface area contributed by atoms with Gasteiger partial charge in [0.1, 0.15) is 23.7 Å². The Morgan fingerprint density at radius 3 is 2.68 bits per heavy atom. The van der Waals surface area contributed by atoms with Crippen molar-refractivity contribution in [2.24, 2.45) is 11.8 Å². The molecule has 3 aliphatic heterocycles. The summed E-state index contributed by atoms with van der Waals surface area (Å²) in [4.78, 5) is 43.9. The van der Waals surface area contributed by atoms with Crippen LogP contribution in [0.1, 0.15) is 31.0 Å². The van der Waals surface area contributed by atoms with Gasteiger partial charge in [0.15, 0.2) is 0 Å². The van der Waals surface area contributed by atoms with Crippen LogP contribution < -0.4 is 4.74 Å². The van der Waals surface area contributed by atoms with Crippen molar-refractivity contribution in [3.63, 3.8) is 0 Å². The summed E-state index contributed by atoms with van der Waals surface area (Å²) in [6.07, 6.45) is 0. The van der Waals surface area contributed by atoms with E-state index < -0.39 is 29.4 Å². The number of hydrogen-bond acceptors (Lipinski definition) is 5. The van der Waals surface area contributed by atoms with Gasteiger partial charge in [-0.3, -0.25) is 14.4 Å². The number of hydrogen-bond donors (Lipinski definition) is 0. The van der Waals surface area contributed by atoms with E-state index in [4.69, 9.17) is 9.47 Å². The molecular formula is C25H24BrFN2O5. The maximum absolute atomic E-state index is 14.0. The van der Waals surface area contributed by atoms with Gasteiger partial charge in [0.2, 0.25) is 11.8 Å². The monoisotopic (exact) mass is 530 g/mol. The third kappa shape index (κ3) is 3.40. The molecule has 2 aromatic rings. The van der Waals surface area contributed by atoms with Crippen molar-refractivity contribution in [1.82, 2.24) is 9.80 Å². The minimum atomic E-state index is -1.44. The number of nitrogens with zero attached hydrogens (tertiary/aromatic N) is 2. The molecule has 178 valence electrons. The number of carbonyl (C=O) groups is 3. The molecule has 3 aliphatic rings. The van der Waals surface area contributed by atoms with E-state index in [1.54, 1.807) is 30.9 Å². The first-order valence-corrected chi connectivity index (χ1v) is 12.0. The summed E-state index contributed by atoms with van der Waals surface area (Å²) in [6, 6.07) is 10.9. The number of ether oxygens (including phenoxy) is 2. The first kappa shape index (κ1) is 22.8. The smallest absolute Gasteiger partial charge is 0.312 e. The Bertz CT molecular complexity index is 1170. The van der Waals surface area contributed by atoms with Gasteiger partial charge in [-0.05, 0) is 49.7 Å². The second-order valence-electron chi connectivity index (χ2n) is 9.03. The highest BCUT2D eigenvalue weighted by Gasteiger charge is 2.69. The minimum Gasteiger partial charge on any atom is -0.493 e. The van der Waals surface area contributed by atoms with Crippen LogP contribution in [0.5, 0.6) is 5.75 Å². The zero-order valence-electron chi connectivity index (χ0n) is 18.8. The average Bonchev–Trinajstić information content (AvgIpc) is 3.09. The molecular weight excluding hydrogens is 507 g/mol. The Kier molecular flexibility index (Phi) is 5.62. The SMILES string of the molecule is CCOC(=O)C1C2COc3ccc(Br)cc3C2N2C(=O)CN(Cc3ccc(F)cc3)C(=O)[C@@]12C. The second-order valence-corrected chi connectivity index (χ2v) is 9.95. The number of esters is 1. The molecule has 9 heteroatoms. The molecule has 3 unspecified atom stereocenters. The van der Waals surface area contributed by atoms with Crippen LogP contribution in [-0.2, 0) is 25.7 Å². The molecule has 2 amide bonds. The summed E-state index contributed by atoms with van der Waals surface area (Å²) < 4.78 is 25.6. The van der Waals surface area contributed by atoms with Gasteiger partial charge in [0.25, 0.3) is 0 Å². The molecule has 2 saturated heterocycles. The Morgan fingerprint density at radius 1 is 1.24 bits per heavy atom. The first-order chi connectivity index (χ1) is 16.3. The van der Waals surface area contributed by atoms with Gasteiger partial charge in [-0.2, -0.15) is 0 Å². The second kappa shape index (κ2) is 8.37. The van der Waals surface area contributed by atoms with Crippen LogP contribution in [0.15, 0.2) is 46.9 Å². The summed E-state index contributed by atoms with van der Waals surface area (Å²) in [5.41, 5.74) is 0.0154. The standard InChI is InChI=1S/C25H24BrFN2O5/c1-3-33-23(31)21-18-13-34-19-9-6-15(26)10-17(19)22(18)29-20(30)12-28(24(32)25(21,29)2)11-14-4-7-16(27)8-5-14/h4-10,18,21-22H,3,11-13H2,1-2H3/t18?,21?,22?,25-/m1/s1. The predicted octanol–water partition coefficient (Wildman–Crippen LogP) is 3.46. The van der Waals surface area contributed by atoms with Crippen LogP contribution in [-0.4, -0.2) is 52.9 Å². The molecule has 4 atom stereocenters. The van der Waals surface area contributed by atoms with Crippen molar-refractivity contribution in [1.29, 1.82) is 0 Å². The highest BCUT2D eigenvalue weighted by atomic mass is 79.9. The number of benzene rings is 2. The Morgan fingerprint density at radius 2 is 1.97 bits per heavy atom. The first-order valence-electron chi connectivity index (χ1n) is 11.2. The number of carbonyl (C=O) groups excluding carboxylic acids is 3. The van der Waals surface area contributed by atoms with Crippen molar-refractivity contribution < 1.29 is 28.2 Å². The maximum Gasteiger partial charge on any atom is 0.312 e. The van der Waals surface area contributed by atoms with Crippen molar-refractivity contribution in [2.45, 2.75) is 32.0 Å². The van der Waals surface area contributed by atoms with Crippen molar-refractivity contribution in [3.8, 4) is 5.75 Å². The molecule has 2 fully saturated rings. The van der Waals surface area contributed by atoms with Crippen LogP contribution in [0.3, 0.4) is 0 Å². The van der Waals surface area contributed by atoms with Crippen molar-refractivity contribution in [3.05, 3.63) is 63.9 Å². The lowest BCUT2D eigenvalue weighted by Gasteiger charge is -2.47. The van der Waals surface area contributed by atoms with Crippen LogP contribution in [0, 0.1) is 17.7 Å². The van der Waals surface area contributed by atoms with E-state index in [0.717, 1.165) is 10.0 Å². The summed E-state index contributed by atoms with van der Waals surface area (Å²) in [6.45, 7) is 3.72. The van der Waals surface area contributed by atoms with Gasteiger partial charge in [0.05, 0.1) is 25.2 Å². The molecule has 5 rings (SSSR count). The van der Waals surface area contributed by atoms with E-state index in [1.165, 1.54) is 17.0 Å². The summed E-state index contributed by atoms with van der Waals surface area (Å²) in [5.74, 6) is -2.18. The molecule has 0 aromatic heterocycles. The van der Waals surface area contributed by atoms with Crippen molar-refractivity contribution in [2.75, 3.05) is 19.8 Å². The highest BCUT2D eigenvalue weighted by molar-refractivity contribution is 9.10. The predicted molar refractivity (Wildman–Crippen MR) is 123 cm³/mol. The summed E-state index contributed by atoms with van der Waals surface area (Å²) in [7, 11) is 0. The number of rotatable bonds is 4. The van der Waals surface area contributed by atoms with E-state index in [0.29, 0.717) is 11.3 Å². The molecule has 0 N–H and O–H groups in total. The molecule has 0 saturated carbocycles. The largest absolute Gasteiger partial charge is 0.493 e. The van der Waals surface area contributed by atoms with Crippen LogP contribution >= 0.6 is 15.9 Å². The fourth-order valence-electron chi connectivity index (χ4n) is 5.71. The molecule has 0 bridgehead atoms. The van der Waals surface area contributed by atoms with Gasteiger partial charge < -0.3 is 19.3 Å². The molecule has 3 heterocycles. The van der Waals surface area contributed by atoms with E-state index in [-0.39, 0.29) is 43.9 Å². The number of halogens is 2. The Balaban J connectivity index is 1.59. The molecule has 34 heavy (non-hydrogen) atoms. The van der Waals surface area contributed by atoms with E-state index in [9.17, 15) is 18.8 Å². The number of piperazine rings is 1. The maximum atomic E-state index is 14.0. The third-order valence-corrected chi connectivity index (χ3v) is 7.58. The molecule has 0 radical (unpaired) electrons. The lowest BCUT2D eigenvalue weighted by molar-refractivity contribution is -0.170. The zero-order valence-corrected chi connectivity index (χ0v) is 20.4. The Hall–Kier alpha value is -2.94. The molecule has 0 aliphatic carbocycles.